The molecule has 0 aliphatic carbocycles. The lowest BCUT2D eigenvalue weighted by Gasteiger charge is -2.32. The Morgan fingerprint density at radius 3 is 1.33 bits per heavy atom. The van der Waals surface area contributed by atoms with Crippen molar-refractivity contribution in [2.75, 3.05) is 13.2 Å². The van der Waals surface area contributed by atoms with Gasteiger partial charge in [-0.15, -0.1) is 0 Å². The number of ether oxygens (including phenoxy) is 2. The zero-order valence-corrected chi connectivity index (χ0v) is 28.2. The Morgan fingerprint density at radius 1 is 0.652 bits per heavy atom. The van der Waals surface area contributed by atoms with Gasteiger partial charge in [-0.3, -0.25) is 9.59 Å². The van der Waals surface area contributed by atoms with E-state index in [4.69, 9.17) is 9.47 Å². The average molecular weight is 631 g/mol. The van der Waals surface area contributed by atoms with Crippen LogP contribution < -0.4 is 10.6 Å². The van der Waals surface area contributed by atoms with Gasteiger partial charge in [0.1, 0.15) is 0 Å². The van der Waals surface area contributed by atoms with E-state index in [0.717, 1.165) is 60.8 Å². The highest BCUT2D eigenvalue weighted by molar-refractivity contribution is 6.07. The van der Waals surface area contributed by atoms with Gasteiger partial charge in [0.05, 0.1) is 25.3 Å². The molecule has 2 heterocycles. The molecular weight excluding hydrogens is 580 g/mol. The fourth-order valence-corrected chi connectivity index (χ4v) is 5.47. The maximum absolute atomic E-state index is 12.3. The molecule has 8 heteroatoms. The first-order valence-corrected chi connectivity index (χ1v) is 16.7. The number of benzene rings is 2. The van der Waals surface area contributed by atoms with Crippen LogP contribution >= 0.6 is 0 Å². The quantitative estimate of drug-likeness (QED) is 0.147. The van der Waals surface area contributed by atoms with Crippen LogP contribution in [0.5, 0.6) is 0 Å². The van der Waals surface area contributed by atoms with Gasteiger partial charge in [-0.2, -0.15) is 0 Å². The van der Waals surface area contributed by atoms with Crippen molar-refractivity contribution < 1.29 is 28.7 Å². The van der Waals surface area contributed by atoms with Crippen LogP contribution in [0.1, 0.15) is 112 Å². The normalized spacial score (nSPS) is 19.9. The van der Waals surface area contributed by atoms with Crippen LogP contribution in [0.2, 0.25) is 0 Å². The lowest BCUT2D eigenvalue weighted by molar-refractivity contribution is -0.138. The maximum atomic E-state index is 12.3. The summed E-state index contributed by atoms with van der Waals surface area (Å²) in [5, 5.41) is 6.06. The molecule has 0 saturated heterocycles. The largest absolute Gasteiger partial charge is 0.463 e. The molecule has 0 aromatic heterocycles. The lowest BCUT2D eigenvalue weighted by Crippen LogP contribution is -2.44. The third kappa shape index (κ3) is 9.41. The predicted molar refractivity (Wildman–Crippen MR) is 182 cm³/mol. The molecule has 2 aromatic rings. The molecule has 2 N–H and O–H groups in total. The zero-order valence-electron chi connectivity index (χ0n) is 28.2. The maximum Gasteiger partial charge on any atom is 0.331 e. The standard InChI is InChI=1S/2C19H25NO3/c2*1-4-6-11-23-17(21)12-16-14-9-7-8-10-15(14)19(22)20-18(16)13(3)5-2/h2*7-10,12-13,18H,4-6,11H2,1-3H3,(H,20,22)/b2*16-12-/t2*13-,18-/m00/s1. The van der Waals surface area contributed by atoms with E-state index >= 15 is 0 Å². The van der Waals surface area contributed by atoms with E-state index in [-0.39, 0.29) is 47.7 Å². The topological polar surface area (TPSA) is 111 Å². The minimum absolute atomic E-state index is 0.0811. The Labute approximate surface area is 274 Å². The smallest absolute Gasteiger partial charge is 0.331 e. The lowest BCUT2D eigenvalue weighted by atomic mass is 9.82. The molecule has 0 unspecified atom stereocenters. The van der Waals surface area contributed by atoms with Crippen LogP contribution in [-0.4, -0.2) is 49.1 Å². The Balaban J connectivity index is 0.000000250. The Kier molecular flexibility index (Phi) is 14.2. The summed E-state index contributed by atoms with van der Waals surface area (Å²) < 4.78 is 10.5. The second kappa shape index (κ2) is 18.1. The molecule has 4 rings (SSSR count). The number of fused-ring (bicyclic) bond motifs is 2. The molecule has 2 amide bonds. The summed E-state index contributed by atoms with van der Waals surface area (Å²) in [6.07, 6.45) is 8.60. The van der Waals surface area contributed by atoms with E-state index in [0.29, 0.717) is 24.3 Å². The molecule has 8 nitrogen and oxygen atoms in total. The highest BCUT2D eigenvalue weighted by Crippen LogP contribution is 2.33. The number of amides is 2. The van der Waals surface area contributed by atoms with Gasteiger partial charge in [0.15, 0.2) is 0 Å². The second-order valence-corrected chi connectivity index (χ2v) is 12.0. The number of unbranched alkanes of at least 4 members (excludes halogenated alkanes) is 2. The van der Waals surface area contributed by atoms with Gasteiger partial charge in [-0.05, 0) is 59.1 Å². The van der Waals surface area contributed by atoms with E-state index in [1.165, 1.54) is 0 Å². The van der Waals surface area contributed by atoms with Crippen LogP contribution in [0.25, 0.3) is 11.1 Å². The van der Waals surface area contributed by atoms with Gasteiger partial charge in [-0.1, -0.05) is 104 Å². The summed E-state index contributed by atoms with van der Waals surface area (Å²) in [6.45, 7) is 13.3. The number of nitrogens with one attached hydrogen (secondary N) is 2. The molecule has 0 saturated carbocycles. The van der Waals surface area contributed by atoms with Crippen molar-refractivity contribution in [2.45, 2.75) is 92.2 Å². The highest BCUT2D eigenvalue weighted by Gasteiger charge is 2.33. The van der Waals surface area contributed by atoms with Crippen molar-refractivity contribution in [3.8, 4) is 0 Å². The number of carbonyl (C=O) groups is 4. The molecule has 0 spiro atoms. The van der Waals surface area contributed by atoms with Gasteiger partial charge < -0.3 is 20.1 Å². The van der Waals surface area contributed by atoms with Gasteiger partial charge >= 0.3 is 11.9 Å². The van der Waals surface area contributed by atoms with E-state index in [9.17, 15) is 19.2 Å². The molecular formula is C38H50N2O6. The summed E-state index contributed by atoms with van der Waals surface area (Å²) in [4.78, 5) is 48.9. The zero-order chi connectivity index (χ0) is 33.6. The van der Waals surface area contributed by atoms with Crippen LogP contribution in [0.4, 0.5) is 0 Å². The monoisotopic (exact) mass is 630 g/mol. The van der Waals surface area contributed by atoms with E-state index in [2.05, 4.69) is 52.2 Å². The summed E-state index contributed by atoms with van der Waals surface area (Å²) >= 11 is 0. The van der Waals surface area contributed by atoms with Crippen LogP contribution in [0.3, 0.4) is 0 Å². The minimum atomic E-state index is -0.340. The SMILES string of the molecule is CCCCOC(=O)/C=C1/c2ccccc2C(=O)N[C@H]1[C@@H](C)CC.CCCCOC(=O)/C=C1/c2ccccc2C(=O)N[C@H]1[C@@H](C)CC. The fourth-order valence-electron chi connectivity index (χ4n) is 5.47. The molecule has 2 aliphatic heterocycles. The van der Waals surface area contributed by atoms with Gasteiger partial charge in [0, 0.05) is 23.3 Å². The number of hydrogen-bond acceptors (Lipinski definition) is 6. The number of rotatable bonds is 12. The van der Waals surface area contributed by atoms with Crippen LogP contribution in [-0.2, 0) is 19.1 Å². The molecule has 0 fully saturated rings. The van der Waals surface area contributed by atoms with E-state index in [1.54, 1.807) is 24.3 Å². The molecule has 0 radical (unpaired) electrons. The summed E-state index contributed by atoms with van der Waals surface area (Å²) in [5.41, 5.74) is 4.56. The molecule has 46 heavy (non-hydrogen) atoms. The number of hydrogen-bond donors (Lipinski definition) is 2. The van der Waals surface area contributed by atoms with Gasteiger partial charge in [0.2, 0.25) is 0 Å². The Morgan fingerprint density at radius 2 is 1.00 bits per heavy atom. The summed E-state index contributed by atoms with van der Waals surface area (Å²) in [7, 11) is 0. The van der Waals surface area contributed by atoms with E-state index < -0.39 is 0 Å². The first kappa shape index (κ1) is 36.3. The molecule has 2 aliphatic rings. The van der Waals surface area contributed by atoms with Crippen molar-refractivity contribution in [1.82, 2.24) is 10.6 Å². The highest BCUT2D eigenvalue weighted by atomic mass is 16.5. The van der Waals surface area contributed by atoms with Crippen molar-refractivity contribution in [3.63, 3.8) is 0 Å². The van der Waals surface area contributed by atoms with Crippen molar-refractivity contribution >= 4 is 34.9 Å². The van der Waals surface area contributed by atoms with Crippen molar-refractivity contribution in [1.29, 1.82) is 0 Å². The Hall–Kier alpha value is -4.20. The van der Waals surface area contributed by atoms with Crippen LogP contribution in [0.15, 0.2) is 60.7 Å². The van der Waals surface area contributed by atoms with Crippen LogP contribution in [0, 0.1) is 11.8 Å². The Bertz CT molecular complexity index is 1320. The summed E-state index contributed by atoms with van der Waals surface area (Å²) in [6, 6.07) is 14.5. The third-order valence-corrected chi connectivity index (χ3v) is 8.67. The molecule has 2 aromatic carbocycles. The van der Waals surface area contributed by atoms with Crippen molar-refractivity contribution in [2.24, 2.45) is 11.8 Å². The first-order valence-electron chi connectivity index (χ1n) is 16.7. The first-order chi connectivity index (χ1) is 22.2. The van der Waals surface area contributed by atoms with Crippen molar-refractivity contribution in [3.05, 3.63) is 82.9 Å². The fraction of sp³-hybridized carbons (Fsp3) is 0.474. The molecule has 4 atom stereocenters. The number of carbonyl (C=O) groups excluding carboxylic acids is 4. The van der Waals surface area contributed by atoms with Gasteiger partial charge in [-0.25, -0.2) is 9.59 Å². The van der Waals surface area contributed by atoms with Gasteiger partial charge in [0.25, 0.3) is 11.8 Å². The average Bonchev–Trinajstić information content (AvgIpc) is 3.07. The minimum Gasteiger partial charge on any atom is -0.463 e. The molecule has 0 bridgehead atoms. The summed E-state index contributed by atoms with van der Waals surface area (Å²) in [5.74, 6) is -0.366. The third-order valence-electron chi connectivity index (χ3n) is 8.67. The molecule has 248 valence electrons. The second-order valence-electron chi connectivity index (χ2n) is 12.0. The predicted octanol–water partition coefficient (Wildman–Crippen LogP) is 7.14. The van der Waals surface area contributed by atoms with E-state index in [1.807, 2.05) is 36.4 Å². The number of esters is 2.